The van der Waals surface area contributed by atoms with E-state index in [1.54, 1.807) is 0 Å². The molecule has 0 bridgehead atoms. The average molecular weight is 389 g/mol. The van der Waals surface area contributed by atoms with E-state index in [1.165, 1.54) is 11.8 Å². The number of aromatic nitrogens is 4. The second kappa shape index (κ2) is 7.24. The molecular weight excluding hydrogens is 370 g/mol. The van der Waals surface area contributed by atoms with E-state index in [-0.39, 0.29) is 11.2 Å². The molecule has 6 nitrogen and oxygen atoms in total. The Hall–Kier alpha value is -2.93. The van der Waals surface area contributed by atoms with Crippen molar-refractivity contribution in [1.82, 2.24) is 25.1 Å². The van der Waals surface area contributed by atoms with Crippen molar-refractivity contribution in [2.75, 3.05) is 13.1 Å². The van der Waals surface area contributed by atoms with Crippen LogP contribution in [0.1, 0.15) is 23.7 Å². The number of rotatable bonds is 4. The number of para-hydroxylation sites is 1. The summed E-state index contributed by atoms with van der Waals surface area (Å²) in [6, 6.07) is 17.8. The molecule has 1 aliphatic heterocycles. The van der Waals surface area contributed by atoms with Gasteiger partial charge in [-0.3, -0.25) is 4.79 Å². The van der Waals surface area contributed by atoms with Gasteiger partial charge in [0.25, 0.3) is 0 Å². The second-order valence-corrected chi connectivity index (χ2v) is 7.98. The van der Waals surface area contributed by atoms with Crippen molar-refractivity contribution in [1.29, 1.82) is 0 Å². The van der Waals surface area contributed by atoms with Crippen LogP contribution in [0.15, 0.2) is 59.8 Å². The zero-order chi connectivity index (χ0) is 18.9. The lowest BCUT2D eigenvalue weighted by Gasteiger charge is -2.22. The number of hydrogen-bond acceptors (Lipinski definition) is 5. The molecule has 7 heteroatoms. The van der Waals surface area contributed by atoms with Crippen LogP contribution >= 0.6 is 11.8 Å². The van der Waals surface area contributed by atoms with E-state index < -0.39 is 0 Å². The minimum atomic E-state index is -0.372. The Bertz CT molecular complexity index is 1140. The molecule has 1 amide bonds. The van der Waals surface area contributed by atoms with Crippen LogP contribution in [-0.4, -0.2) is 44.1 Å². The van der Waals surface area contributed by atoms with Crippen LogP contribution in [0, 0.1) is 0 Å². The van der Waals surface area contributed by atoms with Crippen molar-refractivity contribution in [3.8, 4) is 0 Å². The molecule has 1 N–H and O–H groups in total. The summed E-state index contributed by atoms with van der Waals surface area (Å²) >= 11 is 1.37. The Morgan fingerprint density at radius 1 is 1.00 bits per heavy atom. The highest BCUT2D eigenvalue weighted by Crippen LogP contribution is 2.36. The molecule has 4 aromatic rings. The van der Waals surface area contributed by atoms with Gasteiger partial charge in [0.15, 0.2) is 5.65 Å². The van der Waals surface area contributed by atoms with Gasteiger partial charge >= 0.3 is 0 Å². The predicted octanol–water partition coefficient (Wildman–Crippen LogP) is 3.96. The molecule has 1 fully saturated rings. The van der Waals surface area contributed by atoms with Gasteiger partial charge in [0.05, 0.1) is 0 Å². The molecule has 2 aromatic carbocycles. The van der Waals surface area contributed by atoms with E-state index in [2.05, 4.69) is 20.2 Å². The summed E-state index contributed by atoms with van der Waals surface area (Å²) in [4.78, 5) is 23.1. The Balaban J connectivity index is 1.51. The summed E-state index contributed by atoms with van der Waals surface area (Å²) in [5, 5.41) is 9.83. The number of nitrogens with one attached hydrogen (secondary N) is 1. The summed E-state index contributed by atoms with van der Waals surface area (Å²) in [5.74, 6) is 0.119. The molecule has 5 rings (SSSR count). The van der Waals surface area contributed by atoms with Gasteiger partial charge in [0.2, 0.25) is 11.1 Å². The molecule has 0 spiro atoms. The maximum Gasteiger partial charge on any atom is 0.240 e. The van der Waals surface area contributed by atoms with Crippen molar-refractivity contribution < 1.29 is 4.79 Å². The van der Waals surface area contributed by atoms with Crippen LogP contribution < -0.4 is 0 Å². The smallest absolute Gasteiger partial charge is 0.240 e. The van der Waals surface area contributed by atoms with Crippen molar-refractivity contribution >= 4 is 39.7 Å². The summed E-state index contributed by atoms with van der Waals surface area (Å²) in [6.45, 7) is 1.64. The number of fused-ring (bicyclic) bond motifs is 3. The molecular formula is C21H19N5OS. The molecule has 1 saturated heterocycles. The van der Waals surface area contributed by atoms with Crippen molar-refractivity contribution in [3.63, 3.8) is 0 Å². The third-order valence-electron chi connectivity index (χ3n) is 5.07. The first kappa shape index (κ1) is 17.2. The van der Waals surface area contributed by atoms with Crippen LogP contribution in [0.3, 0.4) is 0 Å². The third kappa shape index (κ3) is 3.11. The number of carbonyl (C=O) groups is 1. The predicted molar refractivity (Wildman–Crippen MR) is 110 cm³/mol. The number of nitrogens with zero attached hydrogens (tertiary/aromatic N) is 4. The van der Waals surface area contributed by atoms with E-state index in [0.29, 0.717) is 10.8 Å². The first-order valence-corrected chi connectivity index (χ1v) is 10.3. The van der Waals surface area contributed by atoms with Gasteiger partial charge in [-0.1, -0.05) is 60.3 Å². The van der Waals surface area contributed by atoms with Gasteiger partial charge in [-0.2, -0.15) is 0 Å². The molecule has 0 radical (unpaired) electrons. The lowest BCUT2D eigenvalue weighted by atomic mass is 10.1. The van der Waals surface area contributed by atoms with E-state index in [1.807, 2.05) is 59.5 Å². The number of benzene rings is 2. The normalized spacial score (nSPS) is 15.4. The SMILES string of the molecule is O=C([C@H](Sc1nnc2c(n1)[nH]c1ccccc12)c1ccccc1)N1CCCC1. The molecule has 3 heterocycles. The fourth-order valence-corrected chi connectivity index (χ4v) is 4.64. The van der Waals surface area contributed by atoms with Gasteiger partial charge in [0.1, 0.15) is 10.8 Å². The van der Waals surface area contributed by atoms with Gasteiger partial charge < -0.3 is 9.88 Å². The minimum Gasteiger partial charge on any atom is -0.341 e. The standard InChI is InChI=1S/C21H19N5OS/c27-20(26-12-6-7-13-26)18(14-8-2-1-3-9-14)28-21-23-19-17(24-25-21)15-10-4-5-11-16(15)22-19/h1-5,8-11,18H,6-7,12-13H2,(H,22,23,25)/t18-/m1/s1. The summed E-state index contributed by atoms with van der Waals surface area (Å²) in [6.07, 6.45) is 2.13. The Labute approximate surface area is 166 Å². The molecule has 28 heavy (non-hydrogen) atoms. The topological polar surface area (TPSA) is 74.8 Å². The quantitative estimate of drug-likeness (QED) is 0.535. The largest absolute Gasteiger partial charge is 0.341 e. The van der Waals surface area contributed by atoms with Gasteiger partial charge in [-0.05, 0) is 24.5 Å². The average Bonchev–Trinajstić information content (AvgIpc) is 3.40. The second-order valence-electron chi connectivity index (χ2n) is 6.90. The molecule has 1 atom stereocenters. The Kier molecular flexibility index (Phi) is 4.44. The fourth-order valence-electron chi connectivity index (χ4n) is 3.65. The highest BCUT2D eigenvalue weighted by Gasteiger charge is 2.29. The monoisotopic (exact) mass is 389 g/mol. The van der Waals surface area contributed by atoms with Crippen LogP contribution in [0.5, 0.6) is 0 Å². The van der Waals surface area contributed by atoms with Crippen LogP contribution in [0.2, 0.25) is 0 Å². The lowest BCUT2D eigenvalue weighted by molar-refractivity contribution is -0.129. The first-order chi connectivity index (χ1) is 13.8. The van der Waals surface area contributed by atoms with Gasteiger partial charge in [-0.25, -0.2) is 4.98 Å². The zero-order valence-electron chi connectivity index (χ0n) is 15.2. The summed E-state index contributed by atoms with van der Waals surface area (Å²) in [7, 11) is 0. The van der Waals surface area contributed by atoms with Crippen LogP contribution in [0.25, 0.3) is 22.1 Å². The Morgan fingerprint density at radius 3 is 2.57 bits per heavy atom. The van der Waals surface area contributed by atoms with Crippen molar-refractivity contribution in [2.24, 2.45) is 0 Å². The molecule has 1 aliphatic rings. The van der Waals surface area contributed by atoms with Gasteiger partial charge in [0, 0.05) is 24.0 Å². The van der Waals surface area contributed by atoms with Crippen molar-refractivity contribution in [3.05, 3.63) is 60.2 Å². The zero-order valence-corrected chi connectivity index (χ0v) is 16.0. The molecule has 140 valence electrons. The van der Waals surface area contributed by atoms with Crippen molar-refractivity contribution in [2.45, 2.75) is 23.2 Å². The van der Waals surface area contributed by atoms with Gasteiger partial charge in [-0.15, -0.1) is 10.2 Å². The molecule has 0 aliphatic carbocycles. The number of thioether (sulfide) groups is 1. The van der Waals surface area contributed by atoms with Crippen LogP contribution in [-0.2, 0) is 4.79 Å². The maximum absolute atomic E-state index is 13.2. The third-order valence-corrected chi connectivity index (χ3v) is 6.16. The fraction of sp³-hybridized carbons (Fsp3) is 0.238. The summed E-state index contributed by atoms with van der Waals surface area (Å²) in [5.41, 5.74) is 3.39. The molecule has 2 aromatic heterocycles. The highest BCUT2D eigenvalue weighted by atomic mass is 32.2. The number of hydrogen-bond donors (Lipinski definition) is 1. The summed E-state index contributed by atoms with van der Waals surface area (Å²) < 4.78 is 0. The number of amides is 1. The number of carbonyl (C=O) groups excluding carboxylic acids is 1. The van der Waals surface area contributed by atoms with E-state index in [4.69, 9.17) is 0 Å². The number of likely N-dealkylation sites (tertiary alicyclic amines) is 1. The van der Waals surface area contributed by atoms with E-state index >= 15 is 0 Å². The molecule has 0 unspecified atom stereocenters. The van der Waals surface area contributed by atoms with E-state index in [9.17, 15) is 4.79 Å². The number of H-pyrrole nitrogens is 1. The highest BCUT2D eigenvalue weighted by molar-refractivity contribution is 8.00. The first-order valence-electron chi connectivity index (χ1n) is 9.41. The molecule has 0 saturated carbocycles. The maximum atomic E-state index is 13.2. The number of aromatic amines is 1. The minimum absolute atomic E-state index is 0.119. The lowest BCUT2D eigenvalue weighted by Crippen LogP contribution is -2.31. The Morgan fingerprint density at radius 2 is 1.75 bits per heavy atom. The van der Waals surface area contributed by atoms with E-state index in [0.717, 1.165) is 47.9 Å². The van der Waals surface area contributed by atoms with Crippen LogP contribution in [0.4, 0.5) is 0 Å².